The molecule has 0 aromatic heterocycles. The molecule has 0 aliphatic carbocycles. The number of carbonyl (C=O) groups is 1. The molecule has 1 fully saturated rings. The van der Waals surface area contributed by atoms with Crippen LogP contribution in [0.3, 0.4) is 0 Å². The van der Waals surface area contributed by atoms with E-state index >= 15 is 0 Å². The molecule has 0 unspecified atom stereocenters. The fraction of sp³-hybridized carbons (Fsp3) is 0.611. The molecular weight excluding hydrogens is 394 g/mol. The van der Waals surface area contributed by atoms with E-state index in [9.17, 15) is 4.79 Å². The van der Waals surface area contributed by atoms with Crippen LogP contribution in [0.5, 0.6) is 0 Å². The molecule has 1 aromatic rings. The lowest BCUT2D eigenvalue weighted by Crippen LogP contribution is -2.54. The summed E-state index contributed by atoms with van der Waals surface area (Å²) in [4.78, 5) is 17.1. The van der Waals surface area contributed by atoms with Gasteiger partial charge in [0, 0.05) is 39.9 Å². The van der Waals surface area contributed by atoms with Crippen LogP contribution in [0.1, 0.15) is 24.2 Å². The number of nitrogens with zero attached hydrogens (tertiary/aromatic N) is 1. The van der Waals surface area contributed by atoms with Crippen LogP contribution in [0, 0.1) is 0 Å². The van der Waals surface area contributed by atoms with Crippen LogP contribution in [0.15, 0.2) is 21.9 Å². The zero-order chi connectivity index (χ0) is 19.2. The van der Waals surface area contributed by atoms with Gasteiger partial charge in [0.15, 0.2) is 5.78 Å². The minimum Gasteiger partial charge on any atom is -0.396 e. The average Bonchev–Trinajstić information content (AvgIpc) is 2.65. The van der Waals surface area contributed by atoms with Crippen LogP contribution < -0.4 is 0 Å². The molecular formula is C18H26ClNO4S2. The van der Waals surface area contributed by atoms with Gasteiger partial charge in [0.1, 0.15) is 0 Å². The van der Waals surface area contributed by atoms with Crippen molar-refractivity contribution in [1.29, 1.82) is 0 Å². The molecule has 0 atom stereocenters. The summed E-state index contributed by atoms with van der Waals surface area (Å²) >= 11 is 9.39. The Morgan fingerprint density at radius 1 is 1.19 bits per heavy atom. The van der Waals surface area contributed by atoms with Gasteiger partial charge in [-0.15, -0.1) is 23.5 Å². The smallest absolute Gasteiger partial charge is 0.182 e. The Balaban J connectivity index is 2.32. The number of aliphatic hydroxyl groups is 2. The highest BCUT2D eigenvalue weighted by atomic mass is 35.5. The Kier molecular flexibility index (Phi) is 8.73. The van der Waals surface area contributed by atoms with Gasteiger partial charge >= 0.3 is 0 Å². The lowest BCUT2D eigenvalue weighted by atomic mass is 9.91. The summed E-state index contributed by atoms with van der Waals surface area (Å²) in [6, 6.07) is 3.57. The van der Waals surface area contributed by atoms with Gasteiger partial charge in [-0.1, -0.05) is 11.6 Å². The lowest BCUT2D eigenvalue weighted by molar-refractivity contribution is -0.00430. The van der Waals surface area contributed by atoms with E-state index in [2.05, 4.69) is 4.90 Å². The molecule has 1 heterocycles. The highest BCUT2D eigenvalue weighted by Gasteiger charge is 2.36. The molecule has 1 aromatic carbocycles. The second-order valence-corrected chi connectivity index (χ2v) is 9.07. The molecule has 0 radical (unpaired) electrons. The number of halogens is 1. The minimum absolute atomic E-state index is 0.0193. The third-order valence-corrected chi connectivity index (χ3v) is 6.99. The summed E-state index contributed by atoms with van der Waals surface area (Å²) in [5.74, 6) is 1.07. The number of ether oxygens (including phenoxy) is 1. The normalized spacial score (nSPS) is 16.0. The topological polar surface area (TPSA) is 70.0 Å². The van der Waals surface area contributed by atoms with Crippen LogP contribution in [0.25, 0.3) is 0 Å². The predicted molar refractivity (Wildman–Crippen MR) is 108 cm³/mol. The van der Waals surface area contributed by atoms with E-state index in [0.717, 1.165) is 22.9 Å². The quantitative estimate of drug-likeness (QED) is 0.471. The average molecular weight is 420 g/mol. The standard InChI is InChI=1S/C18H26ClNO4S2/c1-18(2,20-3-7-24-8-4-20)17(23)13-11-14(19)16(26-10-6-22)15(12-13)25-9-5-21/h11-12,21-22H,3-10H2,1-2H3. The Hall–Kier alpha value is -0.280. The van der Waals surface area contributed by atoms with Crippen LogP contribution in [0.4, 0.5) is 0 Å². The SMILES string of the molecule is CC(C)(C(=O)c1cc(Cl)c(SCCO)c(SCCO)c1)N1CCOCC1. The van der Waals surface area contributed by atoms with E-state index in [1.165, 1.54) is 23.5 Å². The van der Waals surface area contributed by atoms with E-state index in [1.54, 1.807) is 6.07 Å². The fourth-order valence-electron chi connectivity index (χ4n) is 2.87. The molecule has 1 aliphatic heterocycles. The third kappa shape index (κ3) is 5.38. The highest BCUT2D eigenvalue weighted by molar-refractivity contribution is 8.02. The monoisotopic (exact) mass is 419 g/mol. The van der Waals surface area contributed by atoms with Gasteiger partial charge in [0.2, 0.25) is 0 Å². The molecule has 1 aliphatic rings. The first-order valence-corrected chi connectivity index (χ1v) is 10.9. The number of aliphatic hydroxyl groups excluding tert-OH is 2. The Labute approximate surface area is 168 Å². The third-order valence-electron chi connectivity index (χ3n) is 4.32. The van der Waals surface area contributed by atoms with Crippen LogP contribution in [-0.4, -0.2) is 77.5 Å². The Bertz CT molecular complexity index is 621. The van der Waals surface area contributed by atoms with E-state index in [4.69, 9.17) is 26.6 Å². The summed E-state index contributed by atoms with van der Waals surface area (Å²) in [5.41, 5.74) is -0.0773. The van der Waals surface area contributed by atoms with Crippen molar-refractivity contribution >= 4 is 40.9 Å². The molecule has 26 heavy (non-hydrogen) atoms. The number of ketones is 1. The fourth-order valence-corrected chi connectivity index (χ4v) is 5.12. The van der Waals surface area contributed by atoms with E-state index < -0.39 is 5.54 Å². The molecule has 2 N–H and O–H groups in total. The molecule has 2 rings (SSSR count). The van der Waals surface area contributed by atoms with Gasteiger partial charge in [-0.25, -0.2) is 0 Å². The summed E-state index contributed by atoms with van der Waals surface area (Å²) in [7, 11) is 0. The van der Waals surface area contributed by atoms with Crippen molar-refractivity contribution in [1.82, 2.24) is 4.90 Å². The van der Waals surface area contributed by atoms with Crippen molar-refractivity contribution in [3.8, 4) is 0 Å². The van der Waals surface area contributed by atoms with Gasteiger partial charge in [0.25, 0.3) is 0 Å². The maximum atomic E-state index is 13.2. The molecule has 0 bridgehead atoms. The van der Waals surface area contributed by atoms with Crippen molar-refractivity contribution < 1.29 is 19.7 Å². The molecule has 8 heteroatoms. The van der Waals surface area contributed by atoms with Crippen molar-refractivity contribution in [2.24, 2.45) is 0 Å². The number of morpholine rings is 1. The van der Waals surface area contributed by atoms with E-state index in [0.29, 0.717) is 35.3 Å². The second-order valence-electron chi connectivity index (χ2n) is 6.42. The first-order chi connectivity index (χ1) is 12.4. The molecule has 0 amide bonds. The summed E-state index contributed by atoms with van der Waals surface area (Å²) < 4.78 is 5.39. The maximum absolute atomic E-state index is 13.2. The number of hydrogen-bond donors (Lipinski definition) is 2. The lowest BCUT2D eigenvalue weighted by Gasteiger charge is -2.39. The van der Waals surface area contributed by atoms with Crippen molar-refractivity contribution in [2.45, 2.75) is 29.2 Å². The number of hydrogen-bond acceptors (Lipinski definition) is 7. The van der Waals surface area contributed by atoms with Crippen LogP contribution in [0.2, 0.25) is 5.02 Å². The van der Waals surface area contributed by atoms with Crippen molar-refractivity contribution in [3.63, 3.8) is 0 Å². The largest absolute Gasteiger partial charge is 0.396 e. The predicted octanol–water partition coefficient (Wildman–Crippen LogP) is 2.80. The number of carbonyl (C=O) groups excluding carboxylic acids is 1. The molecule has 1 saturated heterocycles. The minimum atomic E-state index is -0.647. The number of rotatable bonds is 9. The van der Waals surface area contributed by atoms with Gasteiger partial charge in [0.05, 0.1) is 37.0 Å². The molecule has 0 saturated carbocycles. The van der Waals surface area contributed by atoms with Gasteiger partial charge in [-0.3, -0.25) is 9.69 Å². The van der Waals surface area contributed by atoms with Crippen molar-refractivity contribution in [3.05, 3.63) is 22.7 Å². The van der Waals surface area contributed by atoms with E-state index in [1.807, 2.05) is 19.9 Å². The molecule has 0 spiro atoms. The first kappa shape index (κ1) is 22.0. The second kappa shape index (κ2) is 10.3. The molecule has 146 valence electrons. The van der Waals surface area contributed by atoms with Gasteiger partial charge in [-0.2, -0.15) is 0 Å². The van der Waals surface area contributed by atoms with Crippen LogP contribution in [-0.2, 0) is 4.74 Å². The summed E-state index contributed by atoms with van der Waals surface area (Å²) in [6.45, 7) is 6.68. The zero-order valence-corrected chi connectivity index (χ0v) is 17.6. The Morgan fingerprint density at radius 2 is 1.81 bits per heavy atom. The van der Waals surface area contributed by atoms with E-state index in [-0.39, 0.29) is 19.0 Å². The zero-order valence-electron chi connectivity index (χ0n) is 15.2. The van der Waals surface area contributed by atoms with Crippen molar-refractivity contribution in [2.75, 3.05) is 51.0 Å². The number of benzene rings is 1. The summed E-state index contributed by atoms with van der Waals surface area (Å²) in [6.07, 6.45) is 0. The van der Waals surface area contributed by atoms with Gasteiger partial charge < -0.3 is 14.9 Å². The van der Waals surface area contributed by atoms with Crippen LogP contribution >= 0.6 is 35.1 Å². The number of Topliss-reactive ketones (excluding diaryl/α,β-unsaturated/α-hetero) is 1. The summed E-state index contributed by atoms with van der Waals surface area (Å²) in [5, 5.41) is 18.8. The first-order valence-electron chi connectivity index (χ1n) is 8.60. The number of thioether (sulfide) groups is 2. The maximum Gasteiger partial charge on any atom is 0.182 e. The highest BCUT2D eigenvalue weighted by Crippen LogP contribution is 2.38. The molecule has 5 nitrogen and oxygen atoms in total. The Morgan fingerprint density at radius 3 is 2.42 bits per heavy atom. The van der Waals surface area contributed by atoms with Gasteiger partial charge in [-0.05, 0) is 26.0 Å².